The second-order valence-corrected chi connectivity index (χ2v) is 6.39. The second-order valence-electron chi connectivity index (χ2n) is 6.39. The van der Waals surface area contributed by atoms with Crippen LogP contribution in [-0.4, -0.2) is 64.4 Å². The maximum absolute atomic E-state index is 13.2. The van der Waals surface area contributed by atoms with Crippen LogP contribution in [0.4, 0.5) is 4.39 Å². The third-order valence-electron chi connectivity index (χ3n) is 4.64. The van der Waals surface area contributed by atoms with Gasteiger partial charge in [-0.05, 0) is 30.5 Å². The molecular weight excluding hydrogens is 329 g/mol. The Morgan fingerprint density at radius 1 is 1.24 bits per heavy atom. The van der Waals surface area contributed by atoms with Crippen LogP contribution in [0.5, 0.6) is 0 Å². The van der Waals surface area contributed by atoms with Crippen LogP contribution >= 0.6 is 0 Å². The fraction of sp³-hybridized carbons (Fsp3) is 0.471. The van der Waals surface area contributed by atoms with E-state index in [4.69, 9.17) is 5.11 Å². The van der Waals surface area contributed by atoms with E-state index in [1.165, 1.54) is 17.0 Å². The van der Waals surface area contributed by atoms with Gasteiger partial charge in [0.05, 0.1) is 12.6 Å². The number of carboxylic acid groups (broad SMARTS) is 1. The van der Waals surface area contributed by atoms with Gasteiger partial charge in [-0.2, -0.15) is 0 Å². The number of carbonyl (C=O) groups excluding carboxylic acids is 2. The van der Waals surface area contributed by atoms with Crippen molar-refractivity contribution in [1.82, 2.24) is 15.1 Å². The highest BCUT2D eigenvalue weighted by Gasteiger charge is 2.37. The number of aliphatic carboxylic acids is 1. The van der Waals surface area contributed by atoms with Crippen LogP contribution in [0.2, 0.25) is 0 Å². The summed E-state index contributed by atoms with van der Waals surface area (Å²) in [5.74, 6) is -1.75. The number of benzene rings is 1. The van der Waals surface area contributed by atoms with Gasteiger partial charge in [0.1, 0.15) is 11.9 Å². The molecule has 8 heteroatoms. The molecule has 2 aliphatic heterocycles. The summed E-state index contributed by atoms with van der Waals surface area (Å²) < 4.78 is 13.2. The van der Waals surface area contributed by atoms with E-state index in [9.17, 15) is 18.8 Å². The minimum absolute atomic E-state index is 0.0376. The number of hydrogen-bond donors (Lipinski definition) is 2. The van der Waals surface area contributed by atoms with Crippen LogP contribution in [0.1, 0.15) is 18.4 Å². The van der Waals surface area contributed by atoms with Gasteiger partial charge < -0.3 is 14.9 Å². The number of rotatable bonds is 4. The van der Waals surface area contributed by atoms with Gasteiger partial charge in [0.25, 0.3) is 0 Å². The summed E-state index contributed by atoms with van der Waals surface area (Å²) in [5, 5.41) is 11.8. The number of carbonyl (C=O) groups is 3. The standard InChI is InChI=1S/C17H20FN3O4/c18-12-3-1-2-11(8-12)9-20-6-7-21(10-15(20)22)16(23)13-4-5-14(19-13)17(24)25/h1-3,8,13-14,19H,4-7,9-10H2,(H,24,25)/t13-,14+/m1/s1. The SMILES string of the molecule is O=C(O)[C@@H]1CC[C@H](C(=O)N2CCN(Cc3cccc(F)c3)C(=O)C2)N1. The first-order chi connectivity index (χ1) is 11.9. The topological polar surface area (TPSA) is 90.0 Å². The van der Waals surface area contributed by atoms with Gasteiger partial charge in [0, 0.05) is 19.6 Å². The Kier molecular flexibility index (Phi) is 4.98. The molecule has 2 amide bonds. The fourth-order valence-electron chi connectivity index (χ4n) is 3.27. The van der Waals surface area contributed by atoms with Crippen LogP contribution in [-0.2, 0) is 20.9 Å². The average molecular weight is 349 g/mol. The molecule has 0 spiro atoms. The predicted molar refractivity (Wildman–Crippen MR) is 86.0 cm³/mol. The van der Waals surface area contributed by atoms with E-state index in [1.54, 1.807) is 17.0 Å². The number of nitrogens with zero attached hydrogens (tertiary/aromatic N) is 2. The Hall–Kier alpha value is -2.48. The minimum Gasteiger partial charge on any atom is -0.480 e. The Morgan fingerprint density at radius 2 is 2.00 bits per heavy atom. The van der Waals surface area contributed by atoms with Gasteiger partial charge in [-0.15, -0.1) is 0 Å². The van der Waals surface area contributed by atoms with Gasteiger partial charge in [-0.3, -0.25) is 19.7 Å². The van der Waals surface area contributed by atoms with Crippen molar-refractivity contribution in [3.05, 3.63) is 35.6 Å². The number of amides is 2. The smallest absolute Gasteiger partial charge is 0.320 e. The van der Waals surface area contributed by atoms with E-state index in [1.807, 2.05) is 0 Å². The highest BCUT2D eigenvalue weighted by molar-refractivity contribution is 5.89. The van der Waals surface area contributed by atoms with Crippen LogP contribution in [0.25, 0.3) is 0 Å². The first kappa shape index (κ1) is 17.3. The van der Waals surface area contributed by atoms with Gasteiger partial charge in [-0.25, -0.2) is 4.39 Å². The highest BCUT2D eigenvalue weighted by atomic mass is 19.1. The molecule has 0 aliphatic carbocycles. The molecule has 25 heavy (non-hydrogen) atoms. The van der Waals surface area contributed by atoms with Crippen molar-refractivity contribution < 1.29 is 23.9 Å². The number of hydrogen-bond acceptors (Lipinski definition) is 4. The molecule has 2 N–H and O–H groups in total. The molecule has 0 saturated carbocycles. The Bertz CT molecular complexity index is 696. The molecule has 1 aromatic carbocycles. The molecule has 2 atom stereocenters. The van der Waals surface area contributed by atoms with Crippen molar-refractivity contribution in [2.24, 2.45) is 0 Å². The lowest BCUT2D eigenvalue weighted by molar-refractivity contribution is -0.147. The van der Waals surface area contributed by atoms with Crippen LogP contribution in [0, 0.1) is 5.82 Å². The summed E-state index contributed by atoms with van der Waals surface area (Å²) in [6, 6.07) is 4.82. The normalized spacial score (nSPS) is 23.8. The maximum atomic E-state index is 13.2. The zero-order valence-corrected chi connectivity index (χ0v) is 13.7. The van der Waals surface area contributed by atoms with E-state index in [2.05, 4.69) is 5.32 Å². The predicted octanol–water partition coefficient (Wildman–Crippen LogP) is 0.202. The minimum atomic E-state index is -0.966. The molecule has 0 aromatic heterocycles. The summed E-state index contributed by atoms with van der Waals surface area (Å²) >= 11 is 0. The van der Waals surface area contributed by atoms with Crippen molar-refractivity contribution in [2.45, 2.75) is 31.5 Å². The van der Waals surface area contributed by atoms with Gasteiger partial charge >= 0.3 is 5.97 Å². The molecule has 2 saturated heterocycles. The quantitative estimate of drug-likeness (QED) is 0.811. The maximum Gasteiger partial charge on any atom is 0.320 e. The third-order valence-corrected chi connectivity index (χ3v) is 4.64. The first-order valence-corrected chi connectivity index (χ1v) is 8.24. The van der Waals surface area contributed by atoms with Crippen LogP contribution in [0.15, 0.2) is 24.3 Å². The third kappa shape index (κ3) is 3.96. The summed E-state index contributed by atoms with van der Waals surface area (Å²) in [4.78, 5) is 38.8. The van der Waals surface area contributed by atoms with E-state index in [0.717, 1.165) is 0 Å². The molecular formula is C17H20FN3O4. The lowest BCUT2D eigenvalue weighted by atomic mass is 10.1. The molecule has 0 unspecified atom stereocenters. The lowest BCUT2D eigenvalue weighted by Crippen LogP contribution is -2.55. The molecule has 3 rings (SSSR count). The average Bonchev–Trinajstić information content (AvgIpc) is 3.06. The number of piperazine rings is 1. The zero-order chi connectivity index (χ0) is 18.0. The second kappa shape index (κ2) is 7.18. The Morgan fingerprint density at radius 3 is 2.64 bits per heavy atom. The molecule has 0 radical (unpaired) electrons. The largest absolute Gasteiger partial charge is 0.480 e. The van der Waals surface area contributed by atoms with E-state index >= 15 is 0 Å². The Labute approximate surface area is 144 Å². The van der Waals surface area contributed by atoms with Crippen LogP contribution in [0.3, 0.4) is 0 Å². The van der Waals surface area contributed by atoms with E-state index in [0.29, 0.717) is 38.0 Å². The van der Waals surface area contributed by atoms with Crippen molar-refractivity contribution in [2.75, 3.05) is 19.6 Å². The molecule has 2 heterocycles. The summed E-state index contributed by atoms with van der Waals surface area (Å²) in [6.45, 7) is 1.03. The highest BCUT2D eigenvalue weighted by Crippen LogP contribution is 2.17. The molecule has 134 valence electrons. The van der Waals surface area contributed by atoms with Gasteiger partial charge in [0.2, 0.25) is 11.8 Å². The number of carboxylic acids is 1. The molecule has 0 bridgehead atoms. The zero-order valence-electron chi connectivity index (χ0n) is 13.7. The monoisotopic (exact) mass is 349 g/mol. The van der Waals surface area contributed by atoms with Crippen molar-refractivity contribution >= 4 is 17.8 Å². The van der Waals surface area contributed by atoms with Crippen molar-refractivity contribution in [3.8, 4) is 0 Å². The van der Waals surface area contributed by atoms with Crippen LogP contribution < -0.4 is 5.32 Å². The lowest BCUT2D eigenvalue weighted by Gasteiger charge is -2.35. The van der Waals surface area contributed by atoms with E-state index in [-0.39, 0.29) is 24.2 Å². The fourth-order valence-corrected chi connectivity index (χ4v) is 3.27. The first-order valence-electron chi connectivity index (χ1n) is 8.24. The molecule has 1 aromatic rings. The number of halogens is 1. The molecule has 7 nitrogen and oxygen atoms in total. The van der Waals surface area contributed by atoms with Crippen molar-refractivity contribution in [1.29, 1.82) is 0 Å². The van der Waals surface area contributed by atoms with Gasteiger partial charge in [-0.1, -0.05) is 12.1 Å². The Balaban J connectivity index is 1.55. The summed E-state index contributed by atoms with van der Waals surface area (Å²) in [7, 11) is 0. The summed E-state index contributed by atoms with van der Waals surface area (Å²) in [5.41, 5.74) is 0.704. The number of nitrogens with one attached hydrogen (secondary N) is 1. The molecule has 2 fully saturated rings. The van der Waals surface area contributed by atoms with Gasteiger partial charge in [0.15, 0.2) is 0 Å². The molecule has 2 aliphatic rings. The van der Waals surface area contributed by atoms with E-state index < -0.39 is 18.1 Å². The van der Waals surface area contributed by atoms with Crippen molar-refractivity contribution in [3.63, 3.8) is 0 Å². The summed E-state index contributed by atoms with van der Waals surface area (Å²) in [6.07, 6.45) is 0.854.